The number of hydrogen-bond acceptors (Lipinski definition) is 3. The van der Waals surface area contributed by atoms with Gasteiger partial charge in [0.2, 0.25) is 0 Å². The number of hydrogen-bond donors (Lipinski definition) is 1. The smallest absolute Gasteiger partial charge is 0.261 e. The maximum Gasteiger partial charge on any atom is 0.261 e. The summed E-state index contributed by atoms with van der Waals surface area (Å²) in [6.45, 7) is 3.88. The van der Waals surface area contributed by atoms with Gasteiger partial charge in [0.05, 0.1) is 6.61 Å². The Hall–Kier alpha value is -0.260. The summed E-state index contributed by atoms with van der Waals surface area (Å²) in [5.74, 6) is 0. The van der Waals surface area contributed by atoms with Crippen molar-refractivity contribution in [2.45, 2.75) is 38.3 Å². The van der Waals surface area contributed by atoms with Crippen molar-refractivity contribution >= 4 is 0 Å². The Morgan fingerprint density at radius 3 is 2.88 bits per heavy atom. The molecule has 0 aliphatic carbocycles. The van der Waals surface area contributed by atoms with E-state index in [-0.39, 0.29) is 0 Å². The quantitative estimate of drug-likeness (QED) is 0.704. The minimum atomic E-state index is -2.36. The Bertz CT molecular complexity index is 193. The maximum absolute atomic E-state index is 11.8. The molecule has 1 saturated heterocycles. The summed E-state index contributed by atoms with van der Waals surface area (Å²) in [7, 11) is 2.13. The van der Waals surface area contributed by atoms with Gasteiger partial charge >= 0.3 is 0 Å². The summed E-state index contributed by atoms with van der Waals surface area (Å²) in [4.78, 5) is 2.34. The number of halogens is 2. The summed E-state index contributed by atoms with van der Waals surface area (Å²) >= 11 is 0. The standard InChI is InChI=1S/C11H22F2N2O/c1-9-7-10(3-5-15(9)2)14-4-6-16-8-11(12)13/h9-11,14H,3-8H2,1-2H3. The molecule has 0 amide bonds. The lowest BCUT2D eigenvalue weighted by Crippen LogP contribution is -2.46. The summed E-state index contributed by atoms with van der Waals surface area (Å²) in [5.41, 5.74) is 0. The van der Waals surface area contributed by atoms with Gasteiger partial charge in [-0.05, 0) is 33.4 Å². The molecule has 0 aromatic rings. The van der Waals surface area contributed by atoms with Gasteiger partial charge in [-0.2, -0.15) is 0 Å². The zero-order valence-electron chi connectivity index (χ0n) is 10.1. The van der Waals surface area contributed by atoms with Crippen molar-refractivity contribution in [1.82, 2.24) is 10.2 Å². The highest BCUT2D eigenvalue weighted by molar-refractivity contribution is 4.80. The van der Waals surface area contributed by atoms with Crippen molar-refractivity contribution in [3.05, 3.63) is 0 Å². The van der Waals surface area contributed by atoms with Crippen LogP contribution in [-0.2, 0) is 4.74 Å². The second-order valence-electron chi connectivity index (χ2n) is 4.47. The molecular weight excluding hydrogens is 214 g/mol. The minimum Gasteiger partial charge on any atom is -0.374 e. The fraction of sp³-hybridized carbons (Fsp3) is 1.00. The summed E-state index contributed by atoms with van der Waals surface area (Å²) < 4.78 is 28.3. The molecule has 0 spiro atoms. The molecule has 0 radical (unpaired) electrons. The van der Waals surface area contributed by atoms with Crippen LogP contribution in [0, 0.1) is 0 Å². The van der Waals surface area contributed by atoms with E-state index >= 15 is 0 Å². The third-order valence-corrected chi connectivity index (χ3v) is 3.13. The Morgan fingerprint density at radius 1 is 1.50 bits per heavy atom. The molecule has 0 aromatic heterocycles. The minimum absolute atomic E-state index is 0.366. The van der Waals surface area contributed by atoms with E-state index in [4.69, 9.17) is 4.74 Å². The molecule has 1 N–H and O–H groups in total. The third kappa shape index (κ3) is 5.18. The maximum atomic E-state index is 11.8. The van der Waals surface area contributed by atoms with Gasteiger partial charge in [-0.1, -0.05) is 0 Å². The molecule has 16 heavy (non-hydrogen) atoms. The summed E-state index contributed by atoms with van der Waals surface area (Å²) in [6, 6.07) is 1.09. The van der Waals surface area contributed by atoms with E-state index in [9.17, 15) is 8.78 Å². The number of alkyl halides is 2. The molecule has 1 rings (SSSR count). The van der Waals surface area contributed by atoms with E-state index in [1.54, 1.807) is 0 Å². The van der Waals surface area contributed by atoms with Crippen molar-refractivity contribution in [2.24, 2.45) is 0 Å². The number of nitrogens with one attached hydrogen (secondary N) is 1. The highest BCUT2D eigenvalue weighted by Gasteiger charge is 2.21. The van der Waals surface area contributed by atoms with Gasteiger partial charge in [0, 0.05) is 18.6 Å². The molecule has 3 nitrogen and oxygen atoms in total. The van der Waals surface area contributed by atoms with Gasteiger partial charge in [0.1, 0.15) is 6.61 Å². The molecule has 1 fully saturated rings. The van der Waals surface area contributed by atoms with Crippen LogP contribution in [0.3, 0.4) is 0 Å². The van der Waals surface area contributed by atoms with Gasteiger partial charge < -0.3 is 15.0 Å². The molecule has 1 aliphatic rings. The Kier molecular flexibility index (Phi) is 6.16. The molecule has 1 aliphatic heterocycles. The van der Waals surface area contributed by atoms with E-state index in [0.717, 1.165) is 19.4 Å². The van der Waals surface area contributed by atoms with Crippen LogP contribution >= 0.6 is 0 Å². The first kappa shape index (κ1) is 13.8. The Labute approximate surface area is 96.1 Å². The molecule has 1 heterocycles. The lowest BCUT2D eigenvalue weighted by atomic mass is 9.99. The van der Waals surface area contributed by atoms with Crippen LogP contribution in [0.2, 0.25) is 0 Å². The fourth-order valence-electron chi connectivity index (χ4n) is 1.98. The van der Waals surface area contributed by atoms with Crippen LogP contribution < -0.4 is 5.32 Å². The first-order valence-electron chi connectivity index (χ1n) is 5.89. The van der Waals surface area contributed by atoms with E-state index < -0.39 is 13.0 Å². The predicted molar refractivity (Wildman–Crippen MR) is 59.9 cm³/mol. The van der Waals surface area contributed by atoms with Crippen molar-refractivity contribution in [2.75, 3.05) is 33.4 Å². The number of likely N-dealkylation sites (tertiary alicyclic amines) is 1. The highest BCUT2D eigenvalue weighted by atomic mass is 19.3. The second-order valence-corrected chi connectivity index (χ2v) is 4.47. The summed E-state index contributed by atoms with van der Waals surface area (Å²) in [6.07, 6.45) is -0.121. The van der Waals surface area contributed by atoms with Gasteiger partial charge in [0.15, 0.2) is 0 Å². The lowest BCUT2D eigenvalue weighted by molar-refractivity contribution is 0.0174. The molecule has 2 atom stereocenters. The van der Waals surface area contributed by atoms with Crippen molar-refractivity contribution in [3.63, 3.8) is 0 Å². The third-order valence-electron chi connectivity index (χ3n) is 3.13. The monoisotopic (exact) mass is 236 g/mol. The van der Waals surface area contributed by atoms with Crippen LogP contribution in [0.1, 0.15) is 19.8 Å². The Morgan fingerprint density at radius 2 is 2.25 bits per heavy atom. The molecule has 96 valence electrons. The van der Waals surface area contributed by atoms with Gasteiger partial charge in [-0.15, -0.1) is 0 Å². The van der Waals surface area contributed by atoms with Crippen molar-refractivity contribution in [3.8, 4) is 0 Å². The molecular formula is C11H22F2N2O. The molecule has 0 saturated carbocycles. The fourth-order valence-corrected chi connectivity index (χ4v) is 1.98. The largest absolute Gasteiger partial charge is 0.374 e. The molecule has 0 aromatic carbocycles. The normalized spacial score (nSPS) is 27.6. The van der Waals surface area contributed by atoms with Crippen LogP contribution in [0.5, 0.6) is 0 Å². The first-order chi connectivity index (χ1) is 7.59. The highest BCUT2D eigenvalue weighted by Crippen LogP contribution is 2.14. The lowest BCUT2D eigenvalue weighted by Gasteiger charge is -2.35. The van der Waals surface area contributed by atoms with E-state index in [1.807, 2.05) is 0 Å². The van der Waals surface area contributed by atoms with Crippen LogP contribution in [0.15, 0.2) is 0 Å². The topological polar surface area (TPSA) is 24.5 Å². The first-order valence-corrected chi connectivity index (χ1v) is 5.89. The van der Waals surface area contributed by atoms with Crippen LogP contribution in [0.4, 0.5) is 8.78 Å². The SMILES string of the molecule is CC1CC(NCCOCC(F)F)CCN1C. The molecule has 5 heteroatoms. The zero-order chi connectivity index (χ0) is 12.0. The molecule has 0 bridgehead atoms. The van der Waals surface area contributed by atoms with Crippen LogP contribution in [0.25, 0.3) is 0 Å². The van der Waals surface area contributed by atoms with Crippen LogP contribution in [-0.4, -0.2) is 56.8 Å². The summed E-state index contributed by atoms with van der Waals surface area (Å²) in [5, 5.41) is 3.35. The van der Waals surface area contributed by atoms with E-state index in [2.05, 4.69) is 24.2 Å². The van der Waals surface area contributed by atoms with E-state index in [0.29, 0.717) is 25.2 Å². The number of ether oxygens (including phenoxy) is 1. The molecule has 2 unspecified atom stereocenters. The van der Waals surface area contributed by atoms with Gasteiger partial charge in [-0.3, -0.25) is 0 Å². The van der Waals surface area contributed by atoms with Crippen molar-refractivity contribution in [1.29, 1.82) is 0 Å². The predicted octanol–water partition coefficient (Wildman–Crippen LogP) is 1.34. The number of nitrogens with zero attached hydrogens (tertiary/aromatic N) is 1. The zero-order valence-corrected chi connectivity index (χ0v) is 10.1. The van der Waals surface area contributed by atoms with Crippen molar-refractivity contribution < 1.29 is 13.5 Å². The number of piperidine rings is 1. The number of rotatable bonds is 6. The average molecular weight is 236 g/mol. The van der Waals surface area contributed by atoms with Gasteiger partial charge in [0.25, 0.3) is 6.43 Å². The Balaban J connectivity index is 2.01. The second kappa shape index (κ2) is 7.14. The average Bonchev–Trinajstić information content (AvgIpc) is 2.22. The van der Waals surface area contributed by atoms with Gasteiger partial charge in [-0.25, -0.2) is 8.78 Å². The van der Waals surface area contributed by atoms with E-state index in [1.165, 1.54) is 0 Å².